The summed E-state index contributed by atoms with van der Waals surface area (Å²) in [6.45, 7) is 2.22. The van der Waals surface area contributed by atoms with Crippen LogP contribution in [0.4, 0.5) is 5.95 Å². The summed E-state index contributed by atoms with van der Waals surface area (Å²) in [4.78, 5) is 24.2. The topological polar surface area (TPSA) is 144 Å². The predicted octanol–water partition coefficient (Wildman–Crippen LogP) is 1.62. The Morgan fingerprint density at radius 2 is 2.23 bits per heavy atom. The Kier molecular flexibility index (Phi) is 5.10. The number of fused-ring (bicyclic) bond motifs is 1. The minimum absolute atomic E-state index is 0.0237. The highest BCUT2D eigenvalue weighted by molar-refractivity contribution is 5.92. The third-order valence-electron chi connectivity index (χ3n) is 4.99. The lowest BCUT2D eigenvalue weighted by molar-refractivity contribution is 0.0316. The second kappa shape index (κ2) is 8.20. The van der Waals surface area contributed by atoms with E-state index in [-0.39, 0.29) is 17.8 Å². The number of nitrogens with zero attached hydrogens (tertiary/aromatic N) is 6. The second-order valence-electron chi connectivity index (χ2n) is 7.13. The highest BCUT2D eigenvalue weighted by Gasteiger charge is 2.20. The van der Waals surface area contributed by atoms with Crippen LogP contribution >= 0.6 is 0 Å². The van der Waals surface area contributed by atoms with Crippen molar-refractivity contribution in [3.63, 3.8) is 0 Å². The maximum atomic E-state index is 11.3. The van der Waals surface area contributed by atoms with E-state index in [2.05, 4.69) is 25.3 Å². The molecule has 0 bridgehead atoms. The van der Waals surface area contributed by atoms with Gasteiger partial charge in [-0.25, -0.2) is 9.67 Å². The van der Waals surface area contributed by atoms with Crippen molar-refractivity contribution in [3.05, 3.63) is 47.5 Å². The van der Waals surface area contributed by atoms with E-state index in [9.17, 15) is 4.79 Å². The number of ether oxygens (including phenoxy) is 2. The molecule has 0 saturated carbocycles. The van der Waals surface area contributed by atoms with Gasteiger partial charge >= 0.3 is 0 Å². The standard InChI is InChI=1S/C20H19N7O4/c21-20-23-16(18-13(9-28)3-6-30-18)17-19(24-20)27(26-25-17)8-14-2-1-12(7-22-14)10-31-15-4-5-29-11-15/h1-3,6-7,9,15H,4-5,8,10-11H2,(H2,21,23,24). The van der Waals surface area contributed by atoms with E-state index in [1.165, 1.54) is 6.26 Å². The first-order chi connectivity index (χ1) is 15.2. The summed E-state index contributed by atoms with van der Waals surface area (Å²) in [7, 11) is 0. The molecule has 5 rings (SSSR count). The molecule has 11 nitrogen and oxygen atoms in total. The molecule has 1 fully saturated rings. The lowest BCUT2D eigenvalue weighted by atomic mass is 10.2. The fourth-order valence-corrected chi connectivity index (χ4v) is 3.39. The molecule has 0 amide bonds. The van der Waals surface area contributed by atoms with Crippen molar-refractivity contribution < 1.29 is 18.7 Å². The van der Waals surface area contributed by atoms with E-state index < -0.39 is 0 Å². The van der Waals surface area contributed by atoms with Crippen molar-refractivity contribution in [3.8, 4) is 11.5 Å². The molecule has 31 heavy (non-hydrogen) atoms. The van der Waals surface area contributed by atoms with Gasteiger partial charge in [0.15, 0.2) is 23.2 Å². The van der Waals surface area contributed by atoms with Crippen LogP contribution < -0.4 is 5.73 Å². The fourth-order valence-electron chi connectivity index (χ4n) is 3.39. The maximum Gasteiger partial charge on any atom is 0.222 e. The fraction of sp³-hybridized carbons (Fsp3) is 0.300. The first-order valence-electron chi connectivity index (χ1n) is 9.74. The SMILES string of the molecule is Nc1nc(-c2occc2C=O)c2nnn(Cc3ccc(COC4CCOC4)cn3)c2n1. The van der Waals surface area contributed by atoms with Gasteiger partial charge in [0.1, 0.15) is 5.69 Å². The molecule has 0 radical (unpaired) electrons. The van der Waals surface area contributed by atoms with Gasteiger partial charge in [-0.05, 0) is 24.1 Å². The van der Waals surface area contributed by atoms with Gasteiger partial charge in [0, 0.05) is 12.8 Å². The van der Waals surface area contributed by atoms with Crippen LogP contribution in [-0.2, 0) is 22.6 Å². The molecule has 1 unspecified atom stereocenters. The zero-order valence-corrected chi connectivity index (χ0v) is 16.5. The predicted molar refractivity (Wildman–Crippen MR) is 108 cm³/mol. The molecule has 4 aromatic heterocycles. The Morgan fingerprint density at radius 3 is 3.00 bits per heavy atom. The van der Waals surface area contributed by atoms with Crippen LogP contribution in [0, 0.1) is 0 Å². The lowest BCUT2D eigenvalue weighted by Gasteiger charge is -2.10. The van der Waals surface area contributed by atoms with Crippen LogP contribution in [0.5, 0.6) is 0 Å². The van der Waals surface area contributed by atoms with Gasteiger partial charge in [-0.3, -0.25) is 9.78 Å². The molecule has 1 atom stereocenters. The van der Waals surface area contributed by atoms with E-state index >= 15 is 0 Å². The number of furan rings is 1. The first kappa shape index (κ1) is 19.3. The van der Waals surface area contributed by atoms with Crippen LogP contribution in [-0.4, -0.2) is 55.5 Å². The Labute approximate surface area is 176 Å². The zero-order valence-electron chi connectivity index (χ0n) is 16.5. The number of aldehydes is 1. The average molecular weight is 421 g/mol. The van der Waals surface area contributed by atoms with Gasteiger partial charge in [0.2, 0.25) is 5.95 Å². The van der Waals surface area contributed by atoms with Crippen molar-refractivity contribution in [2.75, 3.05) is 18.9 Å². The third kappa shape index (κ3) is 3.88. The van der Waals surface area contributed by atoms with Crippen LogP contribution in [0.2, 0.25) is 0 Å². The molecule has 0 aromatic carbocycles. The molecule has 0 aliphatic carbocycles. The summed E-state index contributed by atoms with van der Waals surface area (Å²) < 4.78 is 18.1. The van der Waals surface area contributed by atoms with Gasteiger partial charge in [0.05, 0.1) is 43.4 Å². The molecule has 11 heteroatoms. The number of pyridine rings is 1. The molecular formula is C20H19N7O4. The molecular weight excluding hydrogens is 402 g/mol. The summed E-state index contributed by atoms with van der Waals surface area (Å²) >= 11 is 0. The highest BCUT2D eigenvalue weighted by Crippen LogP contribution is 2.28. The minimum atomic E-state index is 0.0237. The second-order valence-corrected chi connectivity index (χ2v) is 7.13. The minimum Gasteiger partial charge on any atom is -0.462 e. The van der Waals surface area contributed by atoms with Crippen molar-refractivity contribution >= 4 is 23.4 Å². The molecule has 5 heterocycles. The van der Waals surface area contributed by atoms with E-state index in [0.29, 0.717) is 48.5 Å². The van der Waals surface area contributed by atoms with Gasteiger partial charge in [0.25, 0.3) is 0 Å². The van der Waals surface area contributed by atoms with Gasteiger partial charge in [-0.2, -0.15) is 4.98 Å². The molecule has 4 aromatic rings. The summed E-state index contributed by atoms with van der Waals surface area (Å²) in [6, 6.07) is 5.41. The molecule has 1 saturated heterocycles. The summed E-state index contributed by atoms with van der Waals surface area (Å²) in [5.74, 6) is 0.298. The number of anilines is 1. The van der Waals surface area contributed by atoms with E-state index in [4.69, 9.17) is 19.6 Å². The normalized spacial score (nSPS) is 16.2. The smallest absolute Gasteiger partial charge is 0.222 e. The molecule has 2 N–H and O–H groups in total. The van der Waals surface area contributed by atoms with Crippen LogP contribution in [0.15, 0.2) is 35.1 Å². The number of carbonyl (C=O) groups excluding carboxylic acids is 1. The van der Waals surface area contributed by atoms with Crippen LogP contribution in [0.1, 0.15) is 28.0 Å². The quantitative estimate of drug-likeness (QED) is 0.437. The average Bonchev–Trinajstić information content (AvgIpc) is 3.54. The number of rotatable bonds is 7. The zero-order chi connectivity index (χ0) is 21.2. The number of nitrogen functional groups attached to an aromatic ring is 1. The van der Waals surface area contributed by atoms with E-state index in [1.807, 2.05) is 12.1 Å². The summed E-state index contributed by atoms with van der Waals surface area (Å²) in [5.41, 5.74) is 9.11. The Bertz CT molecular complexity index is 1210. The molecule has 0 spiro atoms. The van der Waals surface area contributed by atoms with Crippen molar-refractivity contribution in [2.24, 2.45) is 0 Å². The van der Waals surface area contributed by atoms with Crippen molar-refractivity contribution in [1.82, 2.24) is 29.9 Å². The maximum absolute atomic E-state index is 11.3. The first-order valence-corrected chi connectivity index (χ1v) is 9.74. The number of nitrogens with two attached hydrogens (primary N) is 1. The number of carbonyl (C=O) groups is 1. The van der Waals surface area contributed by atoms with Crippen molar-refractivity contribution in [1.29, 1.82) is 0 Å². The van der Waals surface area contributed by atoms with Gasteiger partial charge in [-0.15, -0.1) is 5.10 Å². The Morgan fingerprint density at radius 1 is 1.29 bits per heavy atom. The monoisotopic (exact) mass is 421 g/mol. The van der Waals surface area contributed by atoms with Crippen LogP contribution in [0.3, 0.4) is 0 Å². The largest absolute Gasteiger partial charge is 0.462 e. The molecule has 1 aliphatic heterocycles. The summed E-state index contributed by atoms with van der Waals surface area (Å²) in [5, 5.41) is 8.34. The number of hydrogen-bond donors (Lipinski definition) is 1. The lowest BCUT2D eigenvalue weighted by Crippen LogP contribution is -2.12. The van der Waals surface area contributed by atoms with Crippen LogP contribution in [0.25, 0.3) is 22.6 Å². The molecule has 1 aliphatic rings. The summed E-state index contributed by atoms with van der Waals surface area (Å²) in [6.07, 6.45) is 4.93. The number of hydrogen-bond acceptors (Lipinski definition) is 10. The Hall–Kier alpha value is -3.70. The van der Waals surface area contributed by atoms with Gasteiger partial charge < -0.3 is 19.6 Å². The number of aromatic nitrogens is 6. The highest BCUT2D eigenvalue weighted by atomic mass is 16.5. The van der Waals surface area contributed by atoms with Crippen molar-refractivity contribution in [2.45, 2.75) is 25.7 Å². The van der Waals surface area contributed by atoms with E-state index in [1.54, 1.807) is 16.9 Å². The molecule has 158 valence electrons. The Balaban J connectivity index is 1.38. The van der Waals surface area contributed by atoms with E-state index in [0.717, 1.165) is 24.3 Å². The third-order valence-corrected chi connectivity index (χ3v) is 4.99. The van der Waals surface area contributed by atoms with Gasteiger partial charge in [-0.1, -0.05) is 11.3 Å².